The van der Waals surface area contributed by atoms with Gasteiger partial charge in [-0.05, 0) is 35.4 Å². The Labute approximate surface area is 272 Å². The van der Waals surface area contributed by atoms with Crippen LogP contribution in [0.4, 0.5) is 0 Å². The maximum atomic E-state index is 12.3. The zero-order valence-corrected chi connectivity index (χ0v) is 25.3. The number of carbonyl (C=O) groups is 1. The number of phenols is 2. The number of hydrogen-bond donors (Lipinski definition) is 7. The van der Waals surface area contributed by atoms with Gasteiger partial charge in [-0.25, -0.2) is 9.79 Å². The van der Waals surface area contributed by atoms with Gasteiger partial charge in [0.25, 0.3) is 0 Å². The molecule has 6 rings (SSSR count). The minimum absolute atomic E-state index is 0.0455. The maximum Gasteiger partial charge on any atom is 0.336 e. The summed E-state index contributed by atoms with van der Waals surface area (Å²) in [6.07, 6.45) is -6.86. The van der Waals surface area contributed by atoms with Gasteiger partial charge in [0.15, 0.2) is 17.6 Å². The fourth-order valence-corrected chi connectivity index (χ4v) is 5.69. The lowest BCUT2D eigenvalue weighted by Crippen LogP contribution is -2.69. The number of nitrogens with zero attached hydrogens (tertiary/aromatic N) is 2. The van der Waals surface area contributed by atoms with Crippen LogP contribution in [0.2, 0.25) is 0 Å². The Morgan fingerprint density at radius 3 is 2.52 bits per heavy atom. The average molecular weight is 665 g/mol. The van der Waals surface area contributed by atoms with Crippen molar-refractivity contribution in [2.24, 2.45) is 9.98 Å². The highest BCUT2D eigenvalue weighted by atomic mass is 16.7. The molecule has 0 spiro atoms. The van der Waals surface area contributed by atoms with Crippen LogP contribution in [0.5, 0.6) is 34.5 Å². The predicted molar refractivity (Wildman–Crippen MR) is 167 cm³/mol. The van der Waals surface area contributed by atoms with E-state index in [1.807, 2.05) is 0 Å². The van der Waals surface area contributed by atoms with Gasteiger partial charge in [-0.3, -0.25) is 4.99 Å². The van der Waals surface area contributed by atoms with Gasteiger partial charge in [-0.1, -0.05) is 24.3 Å². The molecule has 1 fully saturated rings. The Bertz CT molecular complexity index is 1790. The SMILES string of the molecule is COc1ccc(C2C=C(O)c3c(cc(OC4OC(C(=O)O)C(O)(CC5=NC=NC5)C(O)C4O)c(OCc4cccc(O)c4)c3O)O2)cc1. The van der Waals surface area contributed by atoms with Crippen LogP contribution in [0.25, 0.3) is 5.76 Å². The molecular weight excluding hydrogens is 632 g/mol. The maximum absolute atomic E-state index is 12.3. The number of rotatable bonds is 10. The Morgan fingerprint density at radius 1 is 1.08 bits per heavy atom. The highest BCUT2D eigenvalue weighted by Gasteiger charge is 2.59. The second-order valence-electron chi connectivity index (χ2n) is 11.3. The minimum Gasteiger partial charge on any atom is -0.508 e. The highest BCUT2D eigenvalue weighted by Crippen LogP contribution is 2.51. The Balaban J connectivity index is 1.36. The molecular formula is C33H32N2O13. The molecule has 0 radical (unpaired) electrons. The molecule has 0 amide bonds. The summed E-state index contributed by atoms with van der Waals surface area (Å²) in [5.41, 5.74) is -1.31. The fraction of sp³-hybridized carbons (Fsp3) is 0.303. The van der Waals surface area contributed by atoms with E-state index in [0.29, 0.717) is 16.9 Å². The standard InChI is InChI=1S/C33H32N2O13/c1-44-20-7-5-17(6-8-20)22-10-21(37)25-23(46-22)11-24(28(26(25)38)45-14-16-3-2-4-19(36)9-16)47-32-27(39)29(40)33(43,30(48-32)31(41)42)12-18-13-34-15-35-18/h2-11,15,22,27,29-30,32,36-40,43H,12-14H2,1H3,(H,41,42). The smallest absolute Gasteiger partial charge is 0.336 e. The number of carboxylic acids is 1. The number of aromatic hydroxyl groups is 2. The molecule has 3 aromatic carbocycles. The first-order valence-corrected chi connectivity index (χ1v) is 14.7. The van der Waals surface area contributed by atoms with E-state index >= 15 is 0 Å². The van der Waals surface area contributed by atoms with Gasteiger partial charge < -0.3 is 59.4 Å². The molecule has 3 heterocycles. The van der Waals surface area contributed by atoms with E-state index in [1.165, 1.54) is 37.7 Å². The first-order chi connectivity index (χ1) is 23.0. The Kier molecular flexibility index (Phi) is 8.85. The van der Waals surface area contributed by atoms with Crippen molar-refractivity contribution >= 4 is 23.8 Å². The average Bonchev–Trinajstić information content (AvgIpc) is 3.57. The molecule has 1 saturated heterocycles. The van der Waals surface area contributed by atoms with Gasteiger partial charge in [-0.2, -0.15) is 0 Å². The van der Waals surface area contributed by atoms with E-state index in [9.17, 15) is 40.5 Å². The number of aliphatic imine (C=N–C) groups is 2. The van der Waals surface area contributed by atoms with Crippen LogP contribution in [-0.4, -0.2) is 97.6 Å². The largest absolute Gasteiger partial charge is 0.508 e. The van der Waals surface area contributed by atoms with Gasteiger partial charge in [0.1, 0.15) is 65.4 Å². The molecule has 6 unspecified atom stereocenters. The van der Waals surface area contributed by atoms with Gasteiger partial charge in [0.2, 0.25) is 12.0 Å². The first-order valence-electron chi connectivity index (χ1n) is 14.7. The third kappa shape index (κ3) is 6.18. The summed E-state index contributed by atoms with van der Waals surface area (Å²) < 4.78 is 28.6. The number of aliphatic hydroxyl groups excluding tert-OH is 3. The number of phenolic OH excluding ortho intramolecular Hbond substituents is 2. The van der Waals surface area contributed by atoms with Crippen molar-refractivity contribution in [3.05, 3.63) is 77.4 Å². The van der Waals surface area contributed by atoms with Gasteiger partial charge in [0.05, 0.1) is 13.7 Å². The van der Waals surface area contributed by atoms with Crippen molar-refractivity contribution in [3.63, 3.8) is 0 Å². The van der Waals surface area contributed by atoms with Crippen molar-refractivity contribution in [3.8, 4) is 34.5 Å². The lowest BCUT2D eigenvalue weighted by atomic mass is 9.80. The van der Waals surface area contributed by atoms with Crippen LogP contribution < -0.4 is 18.9 Å². The molecule has 48 heavy (non-hydrogen) atoms. The third-order valence-electron chi connectivity index (χ3n) is 8.13. The molecule has 6 atom stereocenters. The van der Waals surface area contributed by atoms with E-state index in [4.69, 9.17) is 23.7 Å². The van der Waals surface area contributed by atoms with E-state index in [1.54, 1.807) is 36.4 Å². The van der Waals surface area contributed by atoms with Gasteiger partial charge in [-0.15, -0.1) is 0 Å². The second-order valence-corrected chi connectivity index (χ2v) is 11.3. The highest BCUT2D eigenvalue weighted by molar-refractivity contribution is 5.97. The lowest BCUT2D eigenvalue weighted by Gasteiger charge is -2.46. The number of ether oxygens (including phenoxy) is 5. The topological polar surface area (TPSA) is 230 Å². The van der Waals surface area contributed by atoms with Gasteiger partial charge in [0, 0.05) is 24.3 Å². The molecule has 0 aromatic heterocycles. The van der Waals surface area contributed by atoms with Crippen LogP contribution in [-0.2, 0) is 16.1 Å². The fourth-order valence-electron chi connectivity index (χ4n) is 5.69. The van der Waals surface area contributed by atoms with Crippen molar-refractivity contribution in [1.82, 2.24) is 0 Å². The zero-order chi connectivity index (χ0) is 34.2. The van der Waals surface area contributed by atoms with Crippen molar-refractivity contribution in [2.45, 2.75) is 49.3 Å². The van der Waals surface area contributed by atoms with E-state index in [-0.39, 0.29) is 53.2 Å². The summed E-state index contributed by atoms with van der Waals surface area (Å²) in [7, 11) is 1.52. The minimum atomic E-state index is -2.52. The molecule has 15 nitrogen and oxygen atoms in total. The number of benzene rings is 3. The molecule has 0 saturated carbocycles. The van der Waals surface area contributed by atoms with E-state index in [2.05, 4.69) is 9.98 Å². The molecule has 0 aliphatic carbocycles. The van der Waals surface area contributed by atoms with Crippen molar-refractivity contribution in [2.75, 3.05) is 13.7 Å². The summed E-state index contributed by atoms with van der Waals surface area (Å²) in [6.45, 7) is -0.167. The number of aliphatic carboxylic acids is 1. The monoisotopic (exact) mass is 664 g/mol. The molecule has 3 aromatic rings. The predicted octanol–water partition coefficient (Wildman–Crippen LogP) is 2.23. The van der Waals surface area contributed by atoms with Crippen molar-refractivity contribution in [1.29, 1.82) is 0 Å². The quantitative estimate of drug-likeness (QED) is 0.165. The number of aliphatic hydroxyl groups is 4. The molecule has 0 bridgehead atoms. The molecule has 15 heteroatoms. The van der Waals surface area contributed by atoms with Crippen LogP contribution >= 0.6 is 0 Å². The van der Waals surface area contributed by atoms with Gasteiger partial charge >= 0.3 is 5.97 Å². The van der Waals surface area contributed by atoms with Crippen LogP contribution in [0.15, 0.2) is 70.7 Å². The number of hydrogen-bond acceptors (Lipinski definition) is 14. The zero-order valence-electron chi connectivity index (χ0n) is 25.3. The second kappa shape index (κ2) is 13.0. The molecule has 7 N–H and O–H groups in total. The number of fused-ring (bicyclic) bond motifs is 1. The Morgan fingerprint density at radius 2 is 1.85 bits per heavy atom. The third-order valence-corrected chi connectivity index (χ3v) is 8.13. The lowest BCUT2D eigenvalue weighted by molar-refractivity contribution is -0.303. The molecule has 3 aliphatic heterocycles. The summed E-state index contributed by atoms with van der Waals surface area (Å²) in [4.78, 5) is 20.1. The molecule has 3 aliphatic rings. The first kappa shape index (κ1) is 32.6. The van der Waals surface area contributed by atoms with E-state index < -0.39 is 54.4 Å². The summed E-state index contributed by atoms with van der Waals surface area (Å²) >= 11 is 0. The van der Waals surface area contributed by atoms with E-state index in [0.717, 1.165) is 0 Å². The number of methoxy groups -OCH3 is 1. The van der Waals surface area contributed by atoms with Crippen LogP contribution in [0, 0.1) is 0 Å². The molecule has 252 valence electrons. The summed E-state index contributed by atoms with van der Waals surface area (Å²) in [6, 6.07) is 14.1. The summed E-state index contributed by atoms with van der Waals surface area (Å²) in [5.74, 6) is -2.91. The number of carboxylic acid groups (broad SMARTS) is 1. The Hall–Kier alpha value is -5.35. The van der Waals surface area contributed by atoms with Crippen LogP contribution in [0.3, 0.4) is 0 Å². The van der Waals surface area contributed by atoms with Crippen molar-refractivity contribution < 1.29 is 64.2 Å². The van der Waals surface area contributed by atoms with Crippen LogP contribution in [0.1, 0.15) is 29.2 Å². The summed E-state index contributed by atoms with van der Waals surface area (Å²) in [5, 5.41) is 75.8. The normalized spacial score (nSPS) is 26.1.